The molecular formula is C13H25N5. The van der Waals surface area contributed by atoms with Crippen LogP contribution in [-0.2, 0) is 6.42 Å². The minimum atomic E-state index is 0.548. The maximum absolute atomic E-state index is 4.56. The second-order valence-corrected chi connectivity index (χ2v) is 4.68. The predicted octanol–water partition coefficient (Wildman–Crippen LogP) is 2.35. The van der Waals surface area contributed by atoms with E-state index in [1.165, 1.54) is 0 Å². The van der Waals surface area contributed by atoms with Crippen LogP contribution in [0.1, 0.15) is 40.4 Å². The summed E-state index contributed by atoms with van der Waals surface area (Å²) in [4.78, 5) is 15.6. The molecule has 0 amide bonds. The van der Waals surface area contributed by atoms with Gasteiger partial charge in [-0.3, -0.25) is 0 Å². The number of rotatable bonds is 7. The third-order valence-corrected chi connectivity index (χ3v) is 2.64. The maximum atomic E-state index is 4.56. The van der Waals surface area contributed by atoms with Crippen LogP contribution in [0.25, 0.3) is 0 Å². The molecule has 0 aliphatic carbocycles. The Bertz CT molecular complexity index is 360. The van der Waals surface area contributed by atoms with E-state index < -0.39 is 0 Å². The molecule has 0 saturated heterocycles. The van der Waals surface area contributed by atoms with Crippen LogP contribution >= 0.6 is 0 Å². The Morgan fingerprint density at radius 2 is 1.72 bits per heavy atom. The number of nitrogens with zero attached hydrogens (tertiary/aromatic N) is 4. The van der Waals surface area contributed by atoms with Gasteiger partial charge in [-0.25, -0.2) is 0 Å². The van der Waals surface area contributed by atoms with Gasteiger partial charge in [-0.2, -0.15) is 15.0 Å². The number of hydrogen-bond donors (Lipinski definition) is 1. The highest BCUT2D eigenvalue weighted by atomic mass is 15.3. The van der Waals surface area contributed by atoms with E-state index in [2.05, 4.69) is 52.9 Å². The van der Waals surface area contributed by atoms with Crippen molar-refractivity contribution in [3.63, 3.8) is 0 Å². The van der Waals surface area contributed by atoms with Crippen LogP contribution < -0.4 is 10.2 Å². The van der Waals surface area contributed by atoms with Gasteiger partial charge in [0.15, 0.2) is 0 Å². The van der Waals surface area contributed by atoms with Crippen LogP contribution in [0.4, 0.5) is 11.9 Å². The molecule has 1 aromatic heterocycles. The molecule has 0 atom stereocenters. The standard InChI is InChI=1S/C13H25N5/c1-6-14-12-15-11(9-10(4)5)16-13(17-12)18(7-2)8-3/h10H,6-9H2,1-5H3,(H,14,15,16,17). The van der Waals surface area contributed by atoms with Crippen molar-refractivity contribution in [1.82, 2.24) is 15.0 Å². The van der Waals surface area contributed by atoms with Gasteiger partial charge in [0.1, 0.15) is 5.82 Å². The van der Waals surface area contributed by atoms with Crippen molar-refractivity contribution in [1.29, 1.82) is 0 Å². The summed E-state index contributed by atoms with van der Waals surface area (Å²) in [6.07, 6.45) is 0.884. The summed E-state index contributed by atoms with van der Waals surface area (Å²) in [5.41, 5.74) is 0. The lowest BCUT2D eigenvalue weighted by molar-refractivity contribution is 0.616. The van der Waals surface area contributed by atoms with E-state index >= 15 is 0 Å². The summed E-state index contributed by atoms with van der Waals surface area (Å²) in [5.74, 6) is 2.89. The monoisotopic (exact) mass is 251 g/mol. The van der Waals surface area contributed by atoms with Gasteiger partial charge in [0, 0.05) is 26.1 Å². The van der Waals surface area contributed by atoms with E-state index in [4.69, 9.17) is 0 Å². The minimum absolute atomic E-state index is 0.548. The Balaban J connectivity index is 3.04. The molecule has 0 aliphatic heterocycles. The first-order valence-corrected chi connectivity index (χ1v) is 6.84. The van der Waals surface area contributed by atoms with Crippen LogP contribution in [0.15, 0.2) is 0 Å². The summed E-state index contributed by atoms with van der Waals surface area (Å²) in [5, 5.41) is 3.18. The lowest BCUT2D eigenvalue weighted by Gasteiger charge is -2.19. The first-order chi connectivity index (χ1) is 8.60. The van der Waals surface area contributed by atoms with Crippen molar-refractivity contribution >= 4 is 11.9 Å². The molecule has 5 heteroatoms. The zero-order valence-corrected chi connectivity index (χ0v) is 12.2. The fourth-order valence-corrected chi connectivity index (χ4v) is 1.75. The van der Waals surface area contributed by atoms with Gasteiger partial charge in [0.2, 0.25) is 11.9 Å². The summed E-state index contributed by atoms with van der Waals surface area (Å²) in [7, 11) is 0. The minimum Gasteiger partial charge on any atom is -0.354 e. The number of aromatic nitrogens is 3. The zero-order valence-electron chi connectivity index (χ0n) is 12.2. The summed E-state index contributed by atoms with van der Waals surface area (Å²) in [6.45, 7) is 13.3. The fourth-order valence-electron chi connectivity index (χ4n) is 1.75. The third-order valence-electron chi connectivity index (χ3n) is 2.64. The molecule has 0 aromatic carbocycles. The second kappa shape index (κ2) is 7.13. The molecule has 0 saturated carbocycles. The van der Waals surface area contributed by atoms with Crippen LogP contribution in [0.3, 0.4) is 0 Å². The Hall–Kier alpha value is -1.39. The van der Waals surface area contributed by atoms with Crippen LogP contribution in [0.5, 0.6) is 0 Å². The van der Waals surface area contributed by atoms with Crippen molar-refractivity contribution in [3.8, 4) is 0 Å². The van der Waals surface area contributed by atoms with Gasteiger partial charge >= 0.3 is 0 Å². The topological polar surface area (TPSA) is 53.9 Å². The summed E-state index contributed by atoms with van der Waals surface area (Å²) in [6, 6.07) is 0. The van der Waals surface area contributed by atoms with Gasteiger partial charge in [0.25, 0.3) is 0 Å². The van der Waals surface area contributed by atoms with Crippen molar-refractivity contribution in [3.05, 3.63) is 5.82 Å². The quantitative estimate of drug-likeness (QED) is 0.806. The molecule has 102 valence electrons. The highest BCUT2D eigenvalue weighted by molar-refractivity contribution is 5.36. The largest absolute Gasteiger partial charge is 0.354 e. The van der Waals surface area contributed by atoms with E-state index in [-0.39, 0.29) is 0 Å². The zero-order chi connectivity index (χ0) is 13.5. The maximum Gasteiger partial charge on any atom is 0.230 e. The first-order valence-electron chi connectivity index (χ1n) is 6.84. The Kier molecular flexibility index (Phi) is 5.82. The van der Waals surface area contributed by atoms with E-state index in [1.807, 2.05) is 6.92 Å². The van der Waals surface area contributed by atoms with Crippen molar-refractivity contribution < 1.29 is 0 Å². The Labute approximate surface area is 110 Å². The van der Waals surface area contributed by atoms with Crippen molar-refractivity contribution in [2.24, 2.45) is 5.92 Å². The molecule has 1 aromatic rings. The highest BCUT2D eigenvalue weighted by Gasteiger charge is 2.11. The van der Waals surface area contributed by atoms with E-state index in [0.29, 0.717) is 11.9 Å². The van der Waals surface area contributed by atoms with Crippen molar-refractivity contribution in [2.75, 3.05) is 29.9 Å². The molecule has 1 rings (SSSR count). The normalized spacial score (nSPS) is 10.8. The van der Waals surface area contributed by atoms with Gasteiger partial charge < -0.3 is 10.2 Å². The van der Waals surface area contributed by atoms with Gasteiger partial charge in [-0.15, -0.1) is 0 Å². The molecule has 0 radical (unpaired) electrons. The molecule has 0 bridgehead atoms. The predicted molar refractivity (Wildman–Crippen MR) is 76.1 cm³/mol. The molecule has 0 fully saturated rings. The van der Waals surface area contributed by atoms with E-state index in [1.54, 1.807) is 0 Å². The van der Waals surface area contributed by atoms with Gasteiger partial charge in [0.05, 0.1) is 0 Å². The summed E-state index contributed by atoms with van der Waals surface area (Å²) < 4.78 is 0. The lowest BCUT2D eigenvalue weighted by Crippen LogP contribution is -2.25. The number of anilines is 2. The fraction of sp³-hybridized carbons (Fsp3) is 0.769. The average molecular weight is 251 g/mol. The Morgan fingerprint density at radius 1 is 1.06 bits per heavy atom. The Morgan fingerprint density at radius 3 is 2.22 bits per heavy atom. The third kappa shape index (κ3) is 4.13. The smallest absolute Gasteiger partial charge is 0.230 e. The van der Waals surface area contributed by atoms with Crippen LogP contribution in [0, 0.1) is 5.92 Å². The van der Waals surface area contributed by atoms with Crippen LogP contribution in [-0.4, -0.2) is 34.6 Å². The SMILES string of the molecule is CCNc1nc(CC(C)C)nc(N(CC)CC)n1. The van der Waals surface area contributed by atoms with Gasteiger partial charge in [-0.1, -0.05) is 13.8 Å². The lowest BCUT2D eigenvalue weighted by atomic mass is 10.1. The van der Waals surface area contributed by atoms with Gasteiger partial charge in [-0.05, 0) is 26.7 Å². The van der Waals surface area contributed by atoms with Crippen molar-refractivity contribution in [2.45, 2.75) is 41.0 Å². The number of nitrogens with one attached hydrogen (secondary N) is 1. The molecule has 0 spiro atoms. The molecule has 1 N–H and O–H groups in total. The highest BCUT2D eigenvalue weighted by Crippen LogP contribution is 2.13. The second-order valence-electron chi connectivity index (χ2n) is 4.68. The molecule has 1 heterocycles. The summed E-state index contributed by atoms with van der Waals surface area (Å²) >= 11 is 0. The van der Waals surface area contributed by atoms with Crippen LogP contribution in [0.2, 0.25) is 0 Å². The molecule has 5 nitrogen and oxygen atoms in total. The average Bonchev–Trinajstić information content (AvgIpc) is 2.30. The number of hydrogen-bond acceptors (Lipinski definition) is 5. The molecular weight excluding hydrogens is 226 g/mol. The molecule has 18 heavy (non-hydrogen) atoms. The first kappa shape index (κ1) is 14.7. The van der Waals surface area contributed by atoms with E-state index in [0.717, 1.165) is 37.8 Å². The molecule has 0 aliphatic rings. The molecule has 0 unspecified atom stereocenters. The van der Waals surface area contributed by atoms with E-state index in [9.17, 15) is 0 Å².